The van der Waals surface area contributed by atoms with Crippen molar-refractivity contribution >= 4 is 11.8 Å². The highest BCUT2D eigenvalue weighted by molar-refractivity contribution is 7.98. The molecule has 2 heterocycles. The van der Waals surface area contributed by atoms with E-state index in [-0.39, 0.29) is 0 Å². The fourth-order valence-corrected chi connectivity index (χ4v) is 3.14. The van der Waals surface area contributed by atoms with Gasteiger partial charge in [-0.15, -0.1) is 20.4 Å². The Balaban J connectivity index is 1.46. The standard InChI is InChI=1S/C18H15N5O2S/c1-24-15-9-7-13(8-10-15)17-21-20-16(25-17)11-26-18-22-19-12-23(18)14-5-3-2-4-6-14/h2-10,12H,11H2,1H3. The number of methoxy groups -OCH3 is 1. The molecule has 0 spiro atoms. The highest BCUT2D eigenvalue weighted by atomic mass is 32.2. The monoisotopic (exact) mass is 365 g/mol. The van der Waals surface area contributed by atoms with Crippen LogP contribution in [0.25, 0.3) is 17.1 Å². The normalized spacial score (nSPS) is 10.8. The SMILES string of the molecule is COc1ccc(-c2nnc(CSc3nncn3-c3ccccc3)o2)cc1. The molecule has 0 bridgehead atoms. The molecule has 8 heteroatoms. The molecule has 4 rings (SSSR count). The smallest absolute Gasteiger partial charge is 0.247 e. The number of para-hydroxylation sites is 1. The maximum atomic E-state index is 5.75. The van der Waals surface area contributed by atoms with E-state index in [2.05, 4.69) is 20.4 Å². The van der Waals surface area contributed by atoms with E-state index < -0.39 is 0 Å². The summed E-state index contributed by atoms with van der Waals surface area (Å²) >= 11 is 1.49. The van der Waals surface area contributed by atoms with Crippen molar-refractivity contribution in [1.29, 1.82) is 0 Å². The van der Waals surface area contributed by atoms with Gasteiger partial charge in [0.1, 0.15) is 12.1 Å². The fraction of sp³-hybridized carbons (Fsp3) is 0.111. The summed E-state index contributed by atoms with van der Waals surface area (Å²) in [7, 11) is 1.63. The first-order valence-electron chi connectivity index (χ1n) is 7.88. The minimum absolute atomic E-state index is 0.479. The first kappa shape index (κ1) is 16.3. The first-order chi connectivity index (χ1) is 12.8. The van der Waals surface area contributed by atoms with E-state index in [0.29, 0.717) is 17.5 Å². The third-order valence-corrected chi connectivity index (χ3v) is 4.61. The molecule has 0 fully saturated rings. The van der Waals surface area contributed by atoms with Gasteiger partial charge in [0.15, 0.2) is 5.16 Å². The van der Waals surface area contributed by atoms with Crippen LogP contribution in [0.5, 0.6) is 5.75 Å². The highest BCUT2D eigenvalue weighted by Crippen LogP contribution is 2.25. The Morgan fingerprint density at radius 3 is 2.58 bits per heavy atom. The number of rotatable bonds is 6. The van der Waals surface area contributed by atoms with Gasteiger partial charge in [-0.3, -0.25) is 4.57 Å². The molecule has 7 nitrogen and oxygen atoms in total. The maximum absolute atomic E-state index is 5.75. The van der Waals surface area contributed by atoms with Crippen molar-refractivity contribution in [2.24, 2.45) is 0 Å². The zero-order valence-electron chi connectivity index (χ0n) is 13.9. The van der Waals surface area contributed by atoms with Gasteiger partial charge in [0.25, 0.3) is 0 Å². The molecular formula is C18H15N5O2S. The molecule has 2 aromatic carbocycles. The summed E-state index contributed by atoms with van der Waals surface area (Å²) in [6.45, 7) is 0. The van der Waals surface area contributed by atoms with Crippen LogP contribution in [0.15, 0.2) is 70.5 Å². The van der Waals surface area contributed by atoms with Crippen LogP contribution in [0.4, 0.5) is 0 Å². The Labute approximate surface area is 154 Å². The van der Waals surface area contributed by atoms with Crippen molar-refractivity contribution in [2.45, 2.75) is 10.9 Å². The largest absolute Gasteiger partial charge is 0.497 e. The van der Waals surface area contributed by atoms with Crippen LogP contribution in [0, 0.1) is 0 Å². The molecule has 0 aliphatic heterocycles. The Morgan fingerprint density at radius 2 is 1.81 bits per heavy atom. The van der Waals surface area contributed by atoms with Gasteiger partial charge in [-0.2, -0.15) is 0 Å². The van der Waals surface area contributed by atoms with Crippen LogP contribution < -0.4 is 4.74 Å². The fourth-order valence-electron chi connectivity index (χ4n) is 2.38. The lowest BCUT2D eigenvalue weighted by atomic mass is 10.2. The van der Waals surface area contributed by atoms with Gasteiger partial charge in [-0.25, -0.2) is 0 Å². The number of thioether (sulfide) groups is 1. The predicted octanol–water partition coefficient (Wildman–Crippen LogP) is 3.62. The van der Waals surface area contributed by atoms with E-state index in [1.54, 1.807) is 13.4 Å². The van der Waals surface area contributed by atoms with Crippen molar-refractivity contribution in [3.05, 3.63) is 66.8 Å². The van der Waals surface area contributed by atoms with Gasteiger partial charge < -0.3 is 9.15 Å². The first-order valence-corrected chi connectivity index (χ1v) is 8.87. The molecule has 2 aromatic heterocycles. The summed E-state index contributed by atoms with van der Waals surface area (Å²) in [6.07, 6.45) is 1.69. The van der Waals surface area contributed by atoms with Gasteiger partial charge in [0, 0.05) is 11.3 Å². The predicted molar refractivity (Wildman–Crippen MR) is 97.2 cm³/mol. The summed E-state index contributed by atoms with van der Waals surface area (Å²) in [5.74, 6) is 2.30. The van der Waals surface area contributed by atoms with Crippen molar-refractivity contribution < 1.29 is 9.15 Å². The van der Waals surface area contributed by atoms with Crippen molar-refractivity contribution in [3.8, 4) is 22.9 Å². The molecule has 0 saturated carbocycles. The van der Waals surface area contributed by atoms with Gasteiger partial charge in [-0.05, 0) is 36.4 Å². The van der Waals surface area contributed by atoms with E-state index in [1.165, 1.54) is 11.8 Å². The molecule has 0 unspecified atom stereocenters. The van der Waals surface area contributed by atoms with E-state index >= 15 is 0 Å². The number of hydrogen-bond acceptors (Lipinski definition) is 7. The van der Waals surface area contributed by atoms with Crippen LogP contribution >= 0.6 is 11.8 Å². The average molecular weight is 365 g/mol. The zero-order valence-corrected chi connectivity index (χ0v) is 14.8. The Kier molecular flexibility index (Phi) is 4.65. The van der Waals surface area contributed by atoms with Gasteiger partial charge in [0.2, 0.25) is 11.8 Å². The van der Waals surface area contributed by atoms with Gasteiger partial charge in [0.05, 0.1) is 12.9 Å². The lowest BCUT2D eigenvalue weighted by Crippen LogP contribution is -1.94. The molecular weight excluding hydrogens is 350 g/mol. The lowest BCUT2D eigenvalue weighted by molar-refractivity contribution is 0.415. The van der Waals surface area contributed by atoms with Crippen LogP contribution in [0.3, 0.4) is 0 Å². The molecule has 130 valence electrons. The Bertz CT molecular complexity index is 982. The number of benzene rings is 2. The molecule has 0 aliphatic carbocycles. The molecule has 0 amide bonds. The minimum atomic E-state index is 0.479. The van der Waals surface area contributed by atoms with Crippen LogP contribution in [-0.4, -0.2) is 32.1 Å². The summed E-state index contributed by atoms with van der Waals surface area (Å²) < 4.78 is 12.8. The van der Waals surface area contributed by atoms with Crippen molar-refractivity contribution in [1.82, 2.24) is 25.0 Å². The van der Waals surface area contributed by atoms with Gasteiger partial charge >= 0.3 is 0 Å². The highest BCUT2D eigenvalue weighted by Gasteiger charge is 2.12. The second kappa shape index (κ2) is 7.40. The number of hydrogen-bond donors (Lipinski definition) is 0. The molecule has 0 N–H and O–H groups in total. The van der Waals surface area contributed by atoms with E-state index in [0.717, 1.165) is 22.2 Å². The molecule has 0 aliphatic rings. The summed E-state index contributed by atoms with van der Waals surface area (Å²) in [6, 6.07) is 17.4. The number of nitrogens with zero attached hydrogens (tertiary/aromatic N) is 5. The van der Waals surface area contributed by atoms with Crippen molar-refractivity contribution in [2.75, 3.05) is 7.11 Å². The quantitative estimate of drug-likeness (QED) is 0.483. The topological polar surface area (TPSA) is 78.9 Å². The Hall–Kier alpha value is -3.13. The minimum Gasteiger partial charge on any atom is -0.497 e. The van der Waals surface area contributed by atoms with E-state index in [1.807, 2.05) is 59.2 Å². The lowest BCUT2D eigenvalue weighted by Gasteiger charge is -2.04. The third kappa shape index (κ3) is 3.45. The maximum Gasteiger partial charge on any atom is 0.247 e. The van der Waals surface area contributed by atoms with Crippen molar-refractivity contribution in [3.63, 3.8) is 0 Å². The number of ether oxygens (including phenoxy) is 1. The van der Waals surface area contributed by atoms with E-state index in [4.69, 9.17) is 9.15 Å². The van der Waals surface area contributed by atoms with Crippen LogP contribution in [0.2, 0.25) is 0 Å². The average Bonchev–Trinajstić information content (AvgIpc) is 3.36. The molecule has 0 saturated heterocycles. The molecule has 26 heavy (non-hydrogen) atoms. The second-order valence-electron chi connectivity index (χ2n) is 5.34. The second-order valence-corrected chi connectivity index (χ2v) is 6.28. The summed E-state index contributed by atoms with van der Waals surface area (Å²) in [5.41, 5.74) is 1.85. The third-order valence-electron chi connectivity index (χ3n) is 3.68. The number of aromatic nitrogens is 5. The van der Waals surface area contributed by atoms with Crippen LogP contribution in [-0.2, 0) is 5.75 Å². The summed E-state index contributed by atoms with van der Waals surface area (Å²) in [4.78, 5) is 0. The van der Waals surface area contributed by atoms with Gasteiger partial charge in [-0.1, -0.05) is 30.0 Å². The molecule has 0 atom stereocenters. The van der Waals surface area contributed by atoms with Crippen LogP contribution in [0.1, 0.15) is 5.89 Å². The molecule has 0 radical (unpaired) electrons. The zero-order chi connectivity index (χ0) is 17.8. The Morgan fingerprint density at radius 1 is 1.00 bits per heavy atom. The molecule has 4 aromatic rings. The summed E-state index contributed by atoms with van der Waals surface area (Å²) in [5, 5.41) is 17.1. The van der Waals surface area contributed by atoms with E-state index in [9.17, 15) is 0 Å².